The highest BCUT2D eigenvalue weighted by Crippen LogP contribution is 2.26. The van der Waals surface area contributed by atoms with E-state index in [1.807, 2.05) is 32.0 Å². The van der Waals surface area contributed by atoms with Crippen LogP contribution in [0.5, 0.6) is 0 Å². The van der Waals surface area contributed by atoms with Crippen molar-refractivity contribution in [2.75, 3.05) is 19.7 Å². The summed E-state index contributed by atoms with van der Waals surface area (Å²) in [5.41, 5.74) is 7.15. The third-order valence-corrected chi connectivity index (χ3v) is 7.00. The number of aliphatic hydroxyl groups excluding tert-OH is 1. The molecule has 0 aliphatic carbocycles. The lowest BCUT2D eigenvalue weighted by Crippen LogP contribution is -2.39. The second kappa shape index (κ2) is 11.8. The maximum atomic E-state index is 11.0. The zero-order valence-corrected chi connectivity index (χ0v) is 20.5. The molecule has 2 aromatic rings. The van der Waals surface area contributed by atoms with Crippen molar-refractivity contribution >= 4 is 5.97 Å². The third kappa shape index (κ3) is 7.13. The summed E-state index contributed by atoms with van der Waals surface area (Å²) >= 11 is 0. The summed E-state index contributed by atoms with van der Waals surface area (Å²) in [5, 5.41) is 19.8. The average molecular weight is 454 g/mol. The minimum Gasteiger partial charge on any atom is -0.481 e. The maximum absolute atomic E-state index is 11.0. The number of β-amino-alcohol motifs (C(OH)–C–C–N with tert-alkyl or cyclic N) is 1. The summed E-state index contributed by atoms with van der Waals surface area (Å²) in [5.74, 6) is -0.797. The SMILES string of the molecule is Cc1ccc(C[C@@H]2CCCN2C[C@@H](O)CO[C@H](C)c2cccc(C)c2CCC(=O)O)cc1C. The van der Waals surface area contributed by atoms with E-state index < -0.39 is 12.1 Å². The lowest BCUT2D eigenvalue weighted by Gasteiger charge is -2.28. The maximum Gasteiger partial charge on any atom is 0.303 e. The van der Waals surface area contributed by atoms with Crippen molar-refractivity contribution in [1.29, 1.82) is 0 Å². The minimum atomic E-state index is -0.797. The van der Waals surface area contributed by atoms with Crippen molar-refractivity contribution in [3.63, 3.8) is 0 Å². The molecule has 1 aliphatic rings. The molecule has 2 N–H and O–H groups in total. The number of rotatable bonds is 11. The van der Waals surface area contributed by atoms with Crippen LogP contribution in [0.25, 0.3) is 0 Å². The van der Waals surface area contributed by atoms with Gasteiger partial charge in [-0.05, 0) is 93.3 Å². The van der Waals surface area contributed by atoms with Gasteiger partial charge >= 0.3 is 5.97 Å². The molecule has 0 spiro atoms. The van der Waals surface area contributed by atoms with E-state index in [1.54, 1.807) is 0 Å². The first kappa shape index (κ1) is 25.4. The van der Waals surface area contributed by atoms with Gasteiger partial charge < -0.3 is 14.9 Å². The van der Waals surface area contributed by atoms with Gasteiger partial charge in [0.1, 0.15) is 0 Å². The number of carbonyl (C=O) groups is 1. The number of likely N-dealkylation sites (tertiary alicyclic amines) is 1. The molecular formula is C28H39NO4. The molecule has 33 heavy (non-hydrogen) atoms. The predicted molar refractivity (Wildman–Crippen MR) is 132 cm³/mol. The first-order chi connectivity index (χ1) is 15.7. The fourth-order valence-electron chi connectivity index (χ4n) is 4.92. The Hall–Kier alpha value is -2.21. The summed E-state index contributed by atoms with van der Waals surface area (Å²) in [6.45, 7) is 10.2. The van der Waals surface area contributed by atoms with Gasteiger partial charge in [-0.1, -0.05) is 36.4 Å². The van der Waals surface area contributed by atoms with Crippen LogP contribution in [-0.4, -0.2) is 52.9 Å². The van der Waals surface area contributed by atoms with E-state index in [9.17, 15) is 9.90 Å². The molecule has 0 bridgehead atoms. The van der Waals surface area contributed by atoms with Crippen LogP contribution in [0.4, 0.5) is 0 Å². The molecule has 5 nitrogen and oxygen atoms in total. The minimum absolute atomic E-state index is 0.101. The summed E-state index contributed by atoms with van der Waals surface area (Å²) in [6.07, 6.45) is 3.17. The largest absolute Gasteiger partial charge is 0.481 e. The number of ether oxygens (including phenoxy) is 1. The molecule has 180 valence electrons. The standard InChI is InChI=1S/C28H39NO4/c1-19-10-11-23(15-21(19)3)16-24-8-6-14-29(24)17-25(30)18-33-22(4)27-9-5-7-20(2)26(27)12-13-28(31)32/h5,7,9-11,15,22,24-25,30H,6,8,12-14,16-18H2,1-4H3,(H,31,32)/t22-,24+,25-/m1/s1. The second-order valence-electron chi connectivity index (χ2n) is 9.58. The zero-order valence-electron chi connectivity index (χ0n) is 20.5. The Morgan fingerprint density at radius 2 is 1.94 bits per heavy atom. The molecule has 5 heteroatoms. The number of hydrogen-bond acceptors (Lipinski definition) is 4. The molecule has 1 heterocycles. The van der Waals surface area contributed by atoms with Gasteiger partial charge in [0.15, 0.2) is 0 Å². The third-order valence-electron chi connectivity index (χ3n) is 7.00. The fourth-order valence-corrected chi connectivity index (χ4v) is 4.92. The molecule has 0 radical (unpaired) electrons. The molecule has 3 rings (SSSR count). The molecule has 0 saturated carbocycles. The van der Waals surface area contributed by atoms with Crippen molar-refractivity contribution < 1.29 is 19.7 Å². The van der Waals surface area contributed by atoms with E-state index >= 15 is 0 Å². The Morgan fingerprint density at radius 3 is 2.67 bits per heavy atom. The van der Waals surface area contributed by atoms with Gasteiger partial charge in [-0.25, -0.2) is 0 Å². The van der Waals surface area contributed by atoms with Crippen molar-refractivity contribution in [2.45, 2.75) is 78.0 Å². The Labute approximate surface area is 198 Å². The number of aliphatic carboxylic acids is 1. The number of carboxylic acids is 1. The van der Waals surface area contributed by atoms with Gasteiger partial charge in [-0.15, -0.1) is 0 Å². The van der Waals surface area contributed by atoms with Crippen LogP contribution in [-0.2, 0) is 22.4 Å². The fraction of sp³-hybridized carbons (Fsp3) is 0.536. The average Bonchev–Trinajstić information content (AvgIpc) is 3.19. The number of aliphatic hydroxyl groups is 1. The van der Waals surface area contributed by atoms with E-state index in [0.717, 1.165) is 42.5 Å². The van der Waals surface area contributed by atoms with Gasteiger partial charge in [0.2, 0.25) is 0 Å². The van der Waals surface area contributed by atoms with Crippen molar-refractivity contribution in [3.05, 3.63) is 69.8 Å². The highest BCUT2D eigenvalue weighted by atomic mass is 16.5. The molecule has 1 fully saturated rings. The monoisotopic (exact) mass is 453 g/mol. The molecule has 0 aromatic heterocycles. The van der Waals surface area contributed by atoms with Crippen LogP contribution in [0.3, 0.4) is 0 Å². The lowest BCUT2D eigenvalue weighted by molar-refractivity contribution is -0.136. The number of aryl methyl sites for hydroxylation is 3. The van der Waals surface area contributed by atoms with Gasteiger partial charge in [0, 0.05) is 19.0 Å². The van der Waals surface area contributed by atoms with Crippen LogP contribution in [0.15, 0.2) is 36.4 Å². The predicted octanol–water partition coefficient (Wildman–Crippen LogP) is 4.77. The highest BCUT2D eigenvalue weighted by Gasteiger charge is 2.27. The van der Waals surface area contributed by atoms with E-state index in [4.69, 9.17) is 9.84 Å². The Morgan fingerprint density at radius 1 is 1.15 bits per heavy atom. The molecule has 0 unspecified atom stereocenters. The summed E-state index contributed by atoms with van der Waals surface area (Å²) in [6, 6.07) is 13.2. The summed E-state index contributed by atoms with van der Waals surface area (Å²) in [4.78, 5) is 13.5. The van der Waals surface area contributed by atoms with Crippen LogP contribution >= 0.6 is 0 Å². The Kier molecular flexibility index (Phi) is 9.07. The van der Waals surface area contributed by atoms with E-state index in [0.29, 0.717) is 19.0 Å². The second-order valence-corrected chi connectivity index (χ2v) is 9.58. The number of carboxylic acid groups (broad SMARTS) is 1. The molecule has 2 aromatic carbocycles. The van der Waals surface area contributed by atoms with Crippen LogP contribution in [0, 0.1) is 20.8 Å². The van der Waals surface area contributed by atoms with Crippen LogP contribution in [0.1, 0.15) is 65.7 Å². The Bertz CT molecular complexity index is 941. The van der Waals surface area contributed by atoms with Crippen molar-refractivity contribution in [1.82, 2.24) is 4.90 Å². The number of hydrogen-bond donors (Lipinski definition) is 2. The molecule has 0 amide bonds. The van der Waals surface area contributed by atoms with Gasteiger partial charge in [0.25, 0.3) is 0 Å². The summed E-state index contributed by atoms with van der Waals surface area (Å²) in [7, 11) is 0. The topological polar surface area (TPSA) is 70.0 Å². The van der Waals surface area contributed by atoms with Crippen molar-refractivity contribution in [2.24, 2.45) is 0 Å². The first-order valence-corrected chi connectivity index (χ1v) is 12.1. The lowest BCUT2D eigenvalue weighted by atomic mass is 9.95. The zero-order chi connectivity index (χ0) is 24.0. The first-order valence-electron chi connectivity index (χ1n) is 12.1. The molecule has 1 aliphatic heterocycles. The van der Waals surface area contributed by atoms with E-state index in [-0.39, 0.29) is 19.1 Å². The molecular weight excluding hydrogens is 414 g/mol. The highest BCUT2D eigenvalue weighted by molar-refractivity contribution is 5.67. The molecule has 1 saturated heterocycles. The normalized spacial score (nSPS) is 18.4. The summed E-state index contributed by atoms with van der Waals surface area (Å²) < 4.78 is 6.06. The smallest absolute Gasteiger partial charge is 0.303 e. The Balaban J connectivity index is 1.54. The van der Waals surface area contributed by atoms with Gasteiger partial charge in [-0.2, -0.15) is 0 Å². The van der Waals surface area contributed by atoms with Gasteiger partial charge in [-0.3, -0.25) is 9.69 Å². The van der Waals surface area contributed by atoms with Crippen LogP contribution in [0.2, 0.25) is 0 Å². The number of nitrogens with zero attached hydrogens (tertiary/aromatic N) is 1. The quantitative estimate of drug-likeness (QED) is 0.513. The van der Waals surface area contributed by atoms with Gasteiger partial charge in [0.05, 0.1) is 18.8 Å². The van der Waals surface area contributed by atoms with E-state index in [1.165, 1.54) is 16.7 Å². The number of benzene rings is 2. The van der Waals surface area contributed by atoms with E-state index in [2.05, 4.69) is 36.9 Å². The van der Waals surface area contributed by atoms with Crippen molar-refractivity contribution in [3.8, 4) is 0 Å². The molecule has 3 atom stereocenters. The van der Waals surface area contributed by atoms with Crippen LogP contribution < -0.4 is 0 Å².